The Balaban J connectivity index is 1.72. The minimum Gasteiger partial charge on any atom is -0.488 e. The maximum absolute atomic E-state index is 13.9. The van der Waals surface area contributed by atoms with Gasteiger partial charge in [-0.05, 0) is 49.9 Å². The zero-order valence-electron chi connectivity index (χ0n) is 31.2. The van der Waals surface area contributed by atoms with Crippen molar-refractivity contribution < 1.29 is 59.2 Å². The Morgan fingerprint density at radius 2 is 1.72 bits per heavy atom. The summed E-state index contributed by atoms with van der Waals surface area (Å²) in [6, 6.07) is 7.30. The van der Waals surface area contributed by atoms with E-state index < -0.39 is 37.9 Å². The molecule has 1 fully saturated rings. The van der Waals surface area contributed by atoms with Crippen molar-refractivity contribution in [1.29, 1.82) is 0 Å². The van der Waals surface area contributed by atoms with Gasteiger partial charge in [0, 0.05) is 36.1 Å². The van der Waals surface area contributed by atoms with Gasteiger partial charge in [0.15, 0.2) is 19.7 Å². The van der Waals surface area contributed by atoms with Crippen LogP contribution in [0.4, 0.5) is 0 Å². The van der Waals surface area contributed by atoms with E-state index in [1.165, 1.54) is 35.0 Å². The van der Waals surface area contributed by atoms with Crippen LogP contribution in [0.15, 0.2) is 51.9 Å². The van der Waals surface area contributed by atoms with E-state index in [1.807, 2.05) is 20.8 Å². The summed E-state index contributed by atoms with van der Waals surface area (Å²) in [5, 5.41) is 1.53. The van der Waals surface area contributed by atoms with Gasteiger partial charge in [-0.25, -0.2) is 18.0 Å². The topological polar surface area (TPSA) is 189 Å². The number of amides is 1. The summed E-state index contributed by atoms with van der Waals surface area (Å²) in [6.07, 6.45) is 5.88. The van der Waals surface area contributed by atoms with Crippen molar-refractivity contribution in [3.8, 4) is 17.2 Å². The highest BCUT2D eigenvalue weighted by atomic mass is 32.2. The Morgan fingerprint density at radius 3 is 2.31 bits per heavy atom. The largest absolute Gasteiger partial charge is 0.488 e. The Labute approximate surface area is 320 Å². The molecule has 20 heteroatoms. The Kier molecular flexibility index (Phi) is 17.1. The molecule has 1 aromatic carbocycles. The molecular formula is C34H49N3O13P2S2. The highest BCUT2D eigenvalue weighted by Gasteiger charge is 2.32. The van der Waals surface area contributed by atoms with Gasteiger partial charge in [0.1, 0.15) is 30.1 Å². The third-order valence-corrected chi connectivity index (χ3v) is 12.9. The van der Waals surface area contributed by atoms with Gasteiger partial charge >= 0.3 is 15.4 Å². The molecule has 1 saturated heterocycles. The second kappa shape index (κ2) is 21.0. The van der Waals surface area contributed by atoms with Crippen LogP contribution in [0.1, 0.15) is 75.3 Å². The number of methoxy groups -OCH3 is 1. The summed E-state index contributed by atoms with van der Waals surface area (Å²) in [6.45, 7) is 6.57. The first-order valence-corrected chi connectivity index (χ1v) is 23.6. The maximum atomic E-state index is 13.9. The number of carbonyl (C=O) groups is 1. The predicted molar refractivity (Wildman–Crippen MR) is 201 cm³/mol. The van der Waals surface area contributed by atoms with Crippen LogP contribution in [-0.2, 0) is 59.2 Å². The molecule has 1 atom stereocenters. The number of aromatic nitrogens is 2. The standard InChI is InChI=1S/C34H49N3O13P2S2/c1-6-9-14-46-52(40,47-15-10-7-2)48-25-37-27(23-51(39)44-16-11-17-45-51)24-53-34(37)36-33(38)26-18-30(49-28(8-3)22-43-4)20-31(19-26)50-29-12-13-32(35-21-29)54(5,41)42/h12-13,18-21,24,28H,6-11,14-17,22-23,25H2,1-5H3/b36-34-/t28-/m0/s1. The number of ether oxygens (including phenoxy) is 3. The number of benzene rings is 1. The van der Waals surface area contributed by atoms with Crippen LogP contribution in [-0.4, -0.2) is 76.4 Å². The molecule has 3 aromatic rings. The van der Waals surface area contributed by atoms with E-state index in [1.54, 1.807) is 18.6 Å². The van der Waals surface area contributed by atoms with Gasteiger partial charge in [0.2, 0.25) is 0 Å². The number of sulfone groups is 1. The summed E-state index contributed by atoms with van der Waals surface area (Å²) in [5.74, 6) is -0.00568. The molecule has 0 N–H and O–H groups in total. The smallest absolute Gasteiger partial charge is 0.476 e. The average Bonchev–Trinajstić information content (AvgIpc) is 3.50. The zero-order valence-corrected chi connectivity index (χ0v) is 34.6. The second-order valence-corrected chi connectivity index (χ2v) is 18.7. The van der Waals surface area contributed by atoms with E-state index in [4.69, 9.17) is 36.8 Å². The molecule has 0 saturated carbocycles. The summed E-state index contributed by atoms with van der Waals surface area (Å²) in [5.41, 5.74) is 0.489. The third kappa shape index (κ3) is 13.5. The van der Waals surface area contributed by atoms with Crippen LogP contribution in [0.2, 0.25) is 0 Å². The van der Waals surface area contributed by atoms with Gasteiger partial charge in [0.05, 0.1) is 45.4 Å². The molecule has 3 heterocycles. The van der Waals surface area contributed by atoms with Crippen molar-refractivity contribution in [2.24, 2.45) is 4.99 Å². The van der Waals surface area contributed by atoms with Gasteiger partial charge in [0.25, 0.3) is 5.91 Å². The fraction of sp³-hybridized carbons (Fsp3) is 0.559. The Morgan fingerprint density at radius 1 is 1.04 bits per heavy atom. The lowest BCUT2D eigenvalue weighted by molar-refractivity contribution is 0.0784. The van der Waals surface area contributed by atoms with Crippen LogP contribution >= 0.6 is 26.8 Å². The number of hydrogen-bond donors (Lipinski definition) is 0. The summed E-state index contributed by atoms with van der Waals surface area (Å²) in [7, 11) is -9.57. The SMILES string of the molecule is CCCCOP(=O)(OCCCC)OCn1c(CP2(=O)OCCCO2)cs/c1=N\C(=O)c1cc(Oc2ccc(S(C)(=O)=O)nc2)cc(O[C@@H](CC)COC)c1. The molecule has 0 radical (unpaired) electrons. The van der Waals surface area contributed by atoms with Crippen molar-refractivity contribution in [2.75, 3.05) is 46.4 Å². The van der Waals surface area contributed by atoms with E-state index in [9.17, 15) is 22.3 Å². The number of unbranched alkanes of at least 4 members (excludes halogenated alkanes) is 2. The van der Waals surface area contributed by atoms with E-state index in [-0.39, 0.29) is 77.9 Å². The Hall–Kier alpha value is -2.76. The molecule has 4 rings (SSSR count). The molecule has 0 bridgehead atoms. The lowest BCUT2D eigenvalue weighted by Crippen LogP contribution is -2.22. The predicted octanol–water partition coefficient (Wildman–Crippen LogP) is 7.53. The fourth-order valence-corrected chi connectivity index (χ4v) is 9.25. The first-order valence-electron chi connectivity index (χ1n) is 17.6. The molecule has 1 amide bonds. The second-order valence-electron chi connectivity index (χ2n) is 12.2. The van der Waals surface area contributed by atoms with E-state index in [0.717, 1.165) is 30.4 Å². The van der Waals surface area contributed by atoms with Crippen molar-refractivity contribution in [3.63, 3.8) is 0 Å². The number of nitrogens with zero attached hydrogens (tertiary/aromatic N) is 3. The molecule has 2 aromatic heterocycles. The average molecular weight is 834 g/mol. The summed E-state index contributed by atoms with van der Waals surface area (Å²) in [4.78, 5) is 22.4. The minimum atomic E-state index is -4.05. The first kappa shape index (κ1) is 44.0. The minimum absolute atomic E-state index is 0.0844. The van der Waals surface area contributed by atoms with E-state index in [0.29, 0.717) is 31.4 Å². The van der Waals surface area contributed by atoms with Gasteiger partial charge in [-0.1, -0.05) is 33.6 Å². The number of phosphoric ester groups is 1. The number of carbonyl (C=O) groups excluding carboxylic acids is 1. The zero-order chi connectivity index (χ0) is 39.2. The monoisotopic (exact) mass is 833 g/mol. The van der Waals surface area contributed by atoms with Crippen molar-refractivity contribution in [2.45, 2.75) is 83.3 Å². The highest BCUT2D eigenvalue weighted by Crippen LogP contribution is 2.54. The van der Waals surface area contributed by atoms with Crippen molar-refractivity contribution in [1.82, 2.24) is 9.55 Å². The van der Waals surface area contributed by atoms with Crippen LogP contribution in [0, 0.1) is 0 Å². The molecule has 54 heavy (non-hydrogen) atoms. The van der Waals surface area contributed by atoms with Crippen LogP contribution in [0.3, 0.4) is 0 Å². The molecule has 16 nitrogen and oxygen atoms in total. The van der Waals surface area contributed by atoms with Gasteiger partial charge < -0.3 is 23.3 Å². The van der Waals surface area contributed by atoms with E-state index >= 15 is 0 Å². The van der Waals surface area contributed by atoms with Gasteiger partial charge in [-0.2, -0.15) is 4.99 Å². The van der Waals surface area contributed by atoms with E-state index in [2.05, 4.69) is 9.98 Å². The number of pyridine rings is 1. The molecule has 300 valence electrons. The molecule has 0 spiro atoms. The fourth-order valence-electron chi connectivity index (χ4n) is 4.76. The molecule has 0 aliphatic carbocycles. The molecular weight excluding hydrogens is 784 g/mol. The lowest BCUT2D eigenvalue weighted by Gasteiger charge is -2.23. The number of thiazole rings is 1. The Bertz CT molecular complexity index is 1930. The van der Waals surface area contributed by atoms with Crippen LogP contribution < -0.4 is 14.3 Å². The maximum Gasteiger partial charge on any atom is 0.476 e. The van der Waals surface area contributed by atoms with Crippen molar-refractivity contribution >= 4 is 42.5 Å². The molecule has 1 aliphatic rings. The first-order chi connectivity index (χ1) is 25.8. The quantitative estimate of drug-likeness (QED) is 0.0713. The lowest BCUT2D eigenvalue weighted by atomic mass is 10.2. The highest BCUT2D eigenvalue weighted by molar-refractivity contribution is 7.90. The molecule has 1 aliphatic heterocycles. The molecule has 0 unspecified atom stereocenters. The van der Waals surface area contributed by atoms with Crippen LogP contribution in [0.5, 0.6) is 17.2 Å². The van der Waals surface area contributed by atoms with Gasteiger partial charge in [-0.3, -0.25) is 27.5 Å². The van der Waals surface area contributed by atoms with Crippen molar-refractivity contribution in [3.05, 3.63) is 58.0 Å². The summed E-state index contributed by atoms with van der Waals surface area (Å²) >= 11 is 1.07. The third-order valence-electron chi connectivity index (χ3n) is 7.70. The van der Waals surface area contributed by atoms with Crippen LogP contribution in [0.25, 0.3) is 0 Å². The normalized spacial score (nSPS) is 15.6. The number of hydrogen-bond acceptors (Lipinski definition) is 15. The number of rotatable bonds is 22. The van der Waals surface area contributed by atoms with Gasteiger partial charge in [-0.15, -0.1) is 11.3 Å². The number of phosphoric acid groups is 1. The summed E-state index contributed by atoms with van der Waals surface area (Å²) < 4.78 is 97.8.